The fourth-order valence-electron chi connectivity index (χ4n) is 3.37. The molecule has 1 unspecified atom stereocenters. The average Bonchev–Trinajstić information content (AvgIpc) is 3.23. The van der Waals surface area contributed by atoms with Crippen LogP contribution in [0.25, 0.3) is 0 Å². The van der Waals surface area contributed by atoms with Gasteiger partial charge < -0.3 is 20.1 Å². The molecule has 5 nitrogen and oxygen atoms in total. The first kappa shape index (κ1) is 15.3. The van der Waals surface area contributed by atoms with Crippen molar-refractivity contribution in [2.75, 3.05) is 26.7 Å². The molecule has 1 amide bonds. The largest absolute Gasteiger partial charge is 0.497 e. The number of hydrogen-bond acceptors (Lipinski definition) is 4. The summed E-state index contributed by atoms with van der Waals surface area (Å²) in [6, 6.07) is 8.14. The standard InChI is InChI=1S/C17H24N2O3/c1-21-14-4-2-12(3-5-14)13-8-9-19(11-13)17(20)16-7-6-15(10-18)22-16/h2-5,13,15-16H,6-11,18H2,1H3/t13?,15-,16+/m1/s1. The van der Waals surface area contributed by atoms with Crippen molar-refractivity contribution in [2.24, 2.45) is 5.73 Å². The lowest BCUT2D eigenvalue weighted by Gasteiger charge is -2.21. The number of amides is 1. The SMILES string of the molecule is COc1ccc(C2CCN(C(=O)[C@@H]3CC[C@H](CN)O3)C2)cc1. The van der Waals surface area contributed by atoms with Crippen molar-refractivity contribution in [3.05, 3.63) is 29.8 Å². The fourth-order valence-corrected chi connectivity index (χ4v) is 3.37. The van der Waals surface area contributed by atoms with Gasteiger partial charge in [-0.1, -0.05) is 12.1 Å². The van der Waals surface area contributed by atoms with Gasteiger partial charge in [0.25, 0.3) is 5.91 Å². The molecule has 3 rings (SSSR count). The molecule has 2 saturated heterocycles. The minimum absolute atomic E-state index is 0.0499. The van der Waals surface area contributed by atoms with E-state index >= 15 is 0 Å². The molecule has 2 fully saturated rings. The second-order valence-corrected chi connectivity index (χ2v) is 6.10. The third-order valence-electron chi connectivity index (χ3n) is 4.73. The smallest absolute Gasteiger partial charge is 0.251 e. The highest BCUT2D eigenvalue weighted by molar-refractivity contribution is 5.81. The summed E-state index contributed by atoms with van der Waals surface area (Å²) >= 11 is 0. The van der Waals surface area contributed by atoms with Gasteiger partial charge >= 0.3 is 0 Å². The molecule has 2 aliphatic heterocycles. The summed E-state index contributed by atoms with van der Waals surface area (Å²) in [5.74, 6) is 1.40. The second-order valence-electron chi connectivity index (χ2n) is 6.10. The predicted octanol–water partition coefficient (Wildman–Crippen LogP) is 1.52. The van der Waals surface area contributed by atoms with Crippen LogP contribution in [0.4, 0.5) is 0 Å². The summed E-state index contributed by atoms with van der Waals surface area (Å²) in [5, 5.41) is 0. The molecule has 1 aromatic rings. The Balaban J connectivity index is 1.58. The van der Waals surface area contributed by atoms with Crippen molar-refractivity contribution in [2.45, 2.75) is 37.4 Å². The Labute approximate surface area is 131 Å². The Morgan fingerprint density at radius 2 is 2.09 bits per heavy atom. The van der Waals surface area contributed by atoms with Gasteiger partial charge in [-0.3, -0.25) is 4.79 Å². The van der Waals surface area contributed by atoms with E-state index in [0.29, 0.717) is 12.5 Å². The number of rotatable bonds is 4. The van der Waals surface area contributed by atoms with E-state index in [9.17, 15) is 4.79 Å². The van der Waals surface area contributed by atoms with E-state index in [1.165, 1.54) is 5.56 Å². The van der Waals surface area contributed by atoms with E-state index in [-0.39, 0.29) is 18.1 Å². The van der Waals surface area contributed by atoms with Crippen LogP contribution >= 0.6 is 0 Å². The van der Waals surface area contributed by atoms with Crippen molar-refractivity contribution >= 4 is 5.91 Å². The second kappa shape index (κ2) is 6.67. The number of nitrogens with two attached hydrogens (primary N) is 1. The van der Waals surface area contributed by atoms with E-state index in [4.69, 9.17) is 15.2 Å². The molecule has 5 heteroatoms. The van der Waals surface area contributed by atoms with Crippen LogP contribution in [0, 0.1) is 0 Å². The van der Waals surface area contributed by atoms with Crippen molar-refractivity contribution in [1.29, 1.82) is 0 Å². The zero-order chi connectivity index (χ0) is 15.5. The van der Waals surface area contributed by atoms with E-state index in [0.717, 1.165) is 38.1 Å². The van der Waals surface area contributed by atoms with Crippen molar-refractivity contribution in [3.8, 4) is 5.75 Å². The highest BCUT2D eigenvalue weighted by Crippen LogP contribution is 2.30. The molecular formula is C17H24N2O3. The number of methoxy groups -OCH3 is 1. The number of carbonyl (C=O) groups excluding carboxylic acids is 1. The van der Waals surface area contributed by atoms with Crippen LogP contribution in [-0.2, 0) is 9.53 Å². The molecule has 0 aliphatic carbocycles. The summed E-state index contributed by atoms with van der Waals surface area (Å²) < 4.78 is 10.9. The zero-order valence-electron chi connectivity index (χ0n) is 13.0. The number of likely N-dealkylation sites (tertiary alicyclic amines) is 1. The maximum Gasteiger partial charge on any atom is 0.251 e. The molecule has 2 N–H and O–H groups in total. The number of benzene rings is 1. The molecule has 2 aliphatic rings. The van der Waals surface area contributed by atoms with Gasteiger partial charge in [-0.15, -0.1) is 0 Å². The molecule has 22 heavy (non-hydrogen) atoms. The van der Waals surface area contributed by atoms with E-state index < -0.39 is 0 Å². The lowest BCUT2D eigenvalue weighted by Crippen LogP contribution is -2.38. The average molecular weight is 304 g/mol. The quantitative estimate of drug-likeness (QED) is 0.916. The zero-order valence-corrected chi connectivity index (χ0v) is 13.0. The van der Waals surface area contributed by atoms with Crippen LogP contribution in [0.1, 0.15) is 30.7 Å². The Hall–Kier alpha value is -1.59. The molecule has 0 saturated carbocycles. The number of ether oxygens (including phenoxy) is 2. The first-order valence-corrected chi connectivity index (χ1v) is 7.99. The van der Waals surface area contributed by atoms with Crippen LogP contribution in [0.2, 0.25) is 0 Å². The minimum atomic E-state index is -0.289. The predicted molar refractivity (Wildman–Crippen MR) is 83.9 cm³/mol. The monoisotopic (exact) mass is 304 g/mol. The third-order valence-corrected chi connectivity index (χ3v) is 4.73. The van der Waals surface area contributed by atoms with Gasteiger partial charge in [0.2, 0.25) is 0 Å². The summed E-state index contributed by atoms with van der Waals surface area (Å²) in [6.45, 7) is 2.08. The molecule has 0 bridgehead atoms. The van der Waals surface area contributed by atoms with Crippen LogP contribution in [0.15, 0.2) is 24.3 Å². The van der Waals surface area contributed by atoms with Crippen LogP contribution < -0.4 is 10.5 Å². The molecule has 2 heterocycles. The van der Waals surface area contributed by atoms with E-state index in [2.05, 4.69) is 12.1 Å². The van der Waals surface area contributed by atoms with Crippen molar-refractivity contribution < 1.29 is 14.3 Å². The van der Waals surface area contributed by atoms with Gasteiger partial charge in [-0.25, -0.2) is 0 Å². The Morgan fingerprint density at radius 1 is 1.32 bits per heavy atom. The van der Waals surface area contributed by atoms with Gasteiger partial charge in [0.15, 0.2) is 0 Å². The van der Waals surface area contributed by atoms with Crippen molar-refractivity contribution in [3.63, 3.8) is 0 Å². The van der Waals surface area contributed by atoms with Crippen LogP contribution in [-0.4, -0.2) is 49.8 Å². The topological polar surface area (TPSA) is 64.8 Å². The van der Waals surface area contributed by atoms with Crippen LogP contribution in [0.3, 0.4) is 0 Å². The molecule has 0 radical (unpaired) electrons. The Kier molecular flexibility index (Phi) is 4.64. The number of hydrogen-bond donors (Lipinski definition) is 1. The molecule has 0 spiro atoms. The normalized spacial score (nSPS) is 28.1. The highest BCUT2D eigenvalue weighted by atomic mass is 16.5. The van der Waals surface area contributed by atoms with Crippen molar-refractivity contribution in [1.82, 2.24) is 4.90 Å². The van der Waals surface area contributed by atoms with Gasteiger partial charge in [-0.05, 0) is 37.0 Å². The lowest BCUT2D eigenvalue weighted by molar-refractivity contribution is -0.141. The number of carbonyl (C=O) groups is 1. The molecular weight excluding hydrogens is 280 g/mol. The molecule has 0 aromatic heterocycles. The first-order valence-electron chi connectivity index (χ1n) is 7.99. The summed E-state index contributed by atoms with van der Waals surface area (Å²) in [6.07, 6.45) is 2.45. The maximum absolute atomic E-state index is 12.5. The first-order chi connectivity index (χ1) is 10.7. The summed E-state index contributed by atoms with van der Waals surface area (Å²) in [7, 11) is 1.67. The maximum atomic E-state index is 12.5. The Bertz CT molecular complexity index is 517. The Morgan fingerprint density at radius 3 is 2.73 bits per heavy atom. The minimum Gasteiger partial charge on any atom is -0.497 e. The molecule has 120 valence electrons. The van der Waals surface area contributed by atoms with E-state index in [1.54, 1.807) is 7.11 Å². The van der Waals surface area contributed by atoms with Gasteiger partial charge in [0.05, 0.1) is 13.2 Å². The summed E-state index contributed by atoms with van der Waals surface area (Å²) in [4.78, 5) is 14.5. The van der Waals surface area contributed by atoms with Gasteiger partial charge in [-0.2, -0.15) is 0 Å². The number of nitrogens with zero attached hydrogens (tertiary/aromatic N) is 1. The molecule has 3 atom stereocenters. The molecule has 1 aromatic carbocycles. The van der Waals surface area contributed by atoms with Crippen LogP contribution in [0.5, 0.6) is 5.75 Å². The fraction of sp³-hybridized carbons (Fsp3) is 0.588. The van der Waals surface area contributed by atoms with Gasteiger partial charge in [0.1, 0.15) is 11.9 Å². The van der Waals surface area contributed by atoms with Gasteiger partial charge in [0, 0.05) is 25.6 Å². The van der Waals surface area contributed by atoms with E-state index in [1.807, 2.05) is 17.0 Å². The third kappa shape index (κ3) is 3.10. The summed E-state index contributed by atoms with van der Waals surface area (Å²) in [5.41, 5.74) is 6.88. The highest BCUT2D eigenvalue weighted by Gasteiger charge is 2.36. The lowest BCUT2D eigenvalue weighted by atomic mass is 9.98.